The largest absolute Gasteiger partial charge is 0.457 e. The summed E-state index contributed by atoms with van der Waals surface area (Å²) in [6.45, 7) is 0. The van der Waals surface area contributed by atoms with Crippen LogP contribution in [0.2, 0.25) is 0 Å². The molecule has 0 aliphatic carbocycles. The number of aromatic nitrogens is 3. The topological polar surface area (TPSA) is 61.0 Å². The summed E-state index contributed by atoms with van der Waals surface area (Å²) in [5, 5.41) is 3.76. The predicted molar refractivity (Wildman–Crippen MR) is 78.6 cm³/mol. The van der Waals surface area contributed by atoms with Crippen LogP contribution in [0.5, 0.6) is 11.5 Å². The third-order valence-corrected chi connectivity index (χ3v) is 3.18. The van der Waals surface area contributed by atoms with Gasteiger partial charge in [-0.05, 0) is 30.3 Å². The Morgan fingerprint density at radius 2 is 1.83 bits per heavy atom. The second-order valence-corrected chi connectivity index (χ2v) is 4.91. The quantitative estimate of drug-likeness (QED) is 0.636. The maximum atomic E-state index is 12.6. The van der Waals surface area contributed by atoms with Gasteiger partial charge in [0.1, 0.15) is 23.1 Å². The molecule has 0 spiro atoms. The van der Waals surface area contributed by atoms with Gasteiger partial charge >= 0.3 is 6.18 Å². The van der Waals surface area contributed by atoms with Gasteiger partial charge in [0.15, 0.2) is 0 Å². The molecule has 2 heterocycles. The molecular formula is C15H9ClF3N3O2. The molecule has 0 fully saturated rings. The first kappa shape index (κ1) is 16.3. The van der Waals surface area contributed by atoms with Crippen molar-refractivity contribution in [1.29, 1.82) is 0 Å². The van der Waals surface area contributed by atoms with Crippen LogP contribution in [0.3, 0.4) is 0 Å². The Bertz CT molecular complexity index is 834. The smallest absolute Gasteiger partial charge is 0.433 e. The number of rotatable bonds is 4. The number of alkyl halides is 4. The average molecular weight is 356 g/mol. The van der Waals surface area contributed by atoms with Gasteiger partial charge in [-0.15, -0.1) is 11.6 Å². The Hall–Kier alpha value is -2.61. The first-order valence-corrected chi connectivity index (χ1v) is 7.19. The number of ether oxygens (including phenoxy) is 1. The van der Waals surface area contributed by atoms with Crippen molar-refractivity contribution in [3.63, 3.8) is 0 Å². The summed E-state index contributed by atoms with van der Waals surface area (Å²) in [6.07, 6.45) is -3.48. The maximum Gasteiger partial charge on any atom is 0.433 e. The lowest BCUT2D eigenvalue weighted by Crippen LogP contribution is -2.07. The van der Waals surface area contributed by atoms with Crippen LogP contribution in [0.15, 0.2) is 47.1 Å². The van der Waals surface area contributed by atoms with Crippen molar-refractivity contribution in [2.45, 2.75) is 12.1 Å². The van der Waals surface area contributed by atoms with Crippen molar-refractivity contribution in [1.82, 2.24) is 15.1 Å². The summed E-state index contributed by atoms with van der Waals surface area (Å²) in [5.41, 5.74) is -0.356. The monoisotopic (exact) mass is 355 g/mol. The van der Waals surface area contributed by atoms with Gasteiger partial charge in [0, 0.05) is 17.8 Å². The Morgan fingerprint density at radius 3 is 2.46 bits per heavy atom. The van der Waals surface area contributed by atoms with Crippen molar-refractivity contribution in [3.05, 3.63) is 54.2 Å². The second kappa shape index (κ2) is 6.48. The summed E-state index contributed by atoms with van der Waals surface area (Å²) in [7, 11) is 0. The summed E-state index contributed by atoms with van der Waals surface area (Å²) in [6, 6.07) is 8.66. The lowest BCUT2D eigenvalue weighted by atomic mass is 10.2. The molecule has 3 aromatic rings. The van der Waals surface area contributed by atoms with E-state index < -0.39 is 11.9 Å². The van der Waals surface area contributed by atoms with Gasteiger partial charge in [0.25, 0.3) is 0 Å². The van der Waals surface area contributed by atoms with Crippen molar-refractivity contribution >= 4 is 11.6 Å². The third-order valence-electron chi connectivity index (χ3n) is 2.95. The number of hydrogen-bond donors (Lipinski definition) is 0. The van der Waals surface area contributed by atoms with E-state index in [9.17, 15) is 13.2 Å². The molecule has 124 valence electrons. The highest BCUT2D eigenvalue weighted by Crippen LogP contribution is 2.31. The minimum absolute atomic E-state index is 0.0362. The van der Waals surface area contributed by atoms with Crippen LogP contribution in [0, 0.1) is 0 Å². The fraction of sp³-hybridized carbons (Fsp3) is 0.133. The molecule has 0 bridgehead atoms. The van der Waals surface area contributed by atoms with Gasteiger partial charge in [0.2, 0.25) is 11.7 Å². The van der Waals surface area contributed by atoms with Gasteiger partial charge in [-0.2, -0.15) is 18.2 Å². The van der Waals surface area contributed by atoms with Crippen molar-refractivity contribution in [2.24, 2.45) is 0 Å². The molecule has 0 amide bonds. The molecular weight excluding hydrogens is 347 g/mol. The van der Waals surface area contributed by atoms with Crippen LogP contribution in [-0.2, 0) is 12.1 Å². The van der Waals surface area contributed by atoms with Gasteiger partial charge in [0.05, 0.1) is 0 Å². The molecule has 9 heteroatoms. The zero-order valence-electron chi connectivity index (χ0n) is 11.9. The van der Waals surface area contributed by atoms with E-state index in [0.717, 1.165) is 12.3 Å². The second-order valence-electron chi connectivity index (χ2n) is 4.65. The van der Waals surface area contributed by atoms with Crippen LogP contribution < -0.4 is 4.74 Å². The van der Waals surface area contributed by atoms with Gasteiger partial charge < -0.3 is 9.26 Å². The van der Waals surface area contributed by atoms with Crippen molar-refractivity contribution in [2.75, 3.05) is 0 Å². The average Bonchev–Trinajstić information content (AvgIpc) is 3.04. The summed E-state index contributed by atoms with van der Waals surface area (Å²) in [5.74, 6) is 1.16. The van der Waals surface area contributed by atoms with Crippen molar-refractivity contribution in [3.8, 4) is 22.9 Å². The Balaban J connectivity index is 1.77. The Kier molecular flexibility index (Phi) is 4.39. The normalized spacial score (nSPS) is 11.5. The lowest BCUT2D eigenvalue weighted by molar-refractivity contribution is -0.141. The molecule has 0 radical (unpaired) electrons. The van der Waals surface area contributed by atoms with Gasteiger partial charge in [-0.25, -0.2) is 0 Å². The first-order chi connectivity index (χ1) is 11.5. The number of hydrogen-bond acceptors (Lipinski definition) is 5. The minimum atomic E-state index is -4.53. The van der Waals surface area contributed by atoms with E-state index in [0.29, 0.717) is 23.0 Å². The summed E-state index contributed by atoms with van der Waals surface area (Å²) >= 11 is 5.59. The number of halogens is 4. The first-order valence-electron chi connectivity index (χ1n) is 6.66. The van der Waals surface area contributed by atoms with Crippen LogP contribution in [-0.4, -0.2) is 15.1 Å². The van der Waals surface area contributed by atoms with E-state index in [4.69, 9.17) is 20.9 Å². The molecule has 0 atom stereocenters. The fourth-order valence-corrected chi connectivity index (χ4v) is 1.97. The zero-order valence-corrected chi connectivity index (χ0v) is 12.7. The molecule has 0 aliphatic heterocycles. The van der Waals surface area contributed by atoms with E-state index in [2.05, 4.69) is 15.1 Å². The van der Waals surface area contributed by atoms with E-state index in [1.807, 2.05) is 0 Å². The third kappa shape index (κ3) is 3.65. The van der Waals surface area contributed by atoms with Crippen LogP contribution in [0.1, 0.15) is 11.6 Å². The fourth-order valence-electron chi connectivity index (χ4n) is 1.86. The highest BCUT2D eigenvalue weighted by molar-refractivity contribution is 6.16. The highest BCUT2D eigenvalue weighted by Gasteiger charge is 2.32. The number of pyridine rings is 1. The molecule has 1 aromatic carbocycles. The van der Waals surface area contributed by atoms with Crippen LogP contribution in [0.4, 0.5) is 13.2 Å². The van der Waals surface area contributed by atoms with Crippen LogP contribution >= 0.6 is 11.6 Å². The standard InChI is InChI=1S/C15H9ClF3N3O2/c16-8-13-21-14(22-24-13)9-1-3-10(4-2-9)23-11-5-6-20-12(7-11)15(17,18)19/h1-7H,8H2. The zero-order chi connectivity index (χ0) is 17.2. The Labute approximate surface area is 139 Å². The molecule has 0 N–H and O–H groups in total. The SMILES string of the molecule is FC(F)(F)c1cc(Oc2ccc(-c3noc(CCl)n3)cc2)ccn1. The molecule has 0 saturated heterocycles. The highest BCUT2D eigenvalue weighted by atomic mass is 35.5. The van der Waals surface area contributed by atoms with Crippen molar-refractivity contribution < 1.29 is 22.4 Å². The van der Waals surface area contributed by atoms with Gasteiger partial charge in [-0.1, -0.05) is 5.16 Å². The number of nitrogens with zero attached hydrogens (tertiary/aromatic N) is 3. The molecule has 0 aliphatic rings. The Morgan fingerprint density at radius 1 is 1.08 bits per heavy atom. The number of benzene rings is 1. The van der Waals surface area contributed by atoms with E-state index >= 15 is 0 Å². The molecule has 5 nitrogen and oxygen atoms in total. The predicted octanol–water partition coefficient (Wildman–Crippen LogP) is 4.68. The lowest BCUT2D eigenvalue weighted by Gasteiger charge is -2.09. The van der Waals surface area contributed by atoms with E-state index in [1.165, 1.54) is 6.07 Å². The minimum Gasteiger partial charge on any atom is -0.457 e. The molecule has 3 rings (SSSR count). The van der Waals surface area contributed by atoms with E-state index in [-0.39, 0.29) is 11.6 Å². The molecule has 0 saturated carbocycles. The molecule has 0 unspecified atom stereocenters. The summed E-state index contributed by atoms with van der Waals surface area (Å²) < 4.78 is 48.2. The summed E-state index contributed by atoms with van der Waals surface area (Å²) in [4.78, 5) is 7.34. The molecule has 2 aromatic heterocycles. The maximum absolute atomic E-state index is 12.6. The van der Waals surface area contributed by atoms with Gasteiger partial charge in [-0.3, -0.25) is 4.98 Å². The van der Waals surface area contributed by atoms with Crippen LogP contribution in [0.25, 0.3) is 11.4 Å². The molecule has 24 heavy (non-hydrogen) atoms. The van der Waals surface area contributed by atoms with E-state index in [1.54, 1.807) is 24.3 Å².